The number of carbonyl (C=O) groups is 2. The van der Waals surface area contributed by atoms with Gasteiger partial charge in [-0.3, -0.25) is 9.69 Å². The van der Waals surface area contributed by atoms with Gasteiger partial charge in [-0.2, -0.15) is 0 Å². The summed E-state index contributed by atoms with van der Waals surface area (Å²) in [6.45, 7) is 2.21. The first kappa shape index (κ1) is 17.2. The Kier molecular flexibility index (Phi) is 4.38. The molecule has 2 heterocycles. The van der Waals surface area contributed by atoms with Gasteiger partial charge in [0, 0.05) is 10.9 Å². The van der Waals surface area contributed by atoms with E-state index < -0.39 is 6.03 Å². The lowest BCUT2D eigenvalue weighted by molar-refractivity contribution is -0.123. The van der Waals surface area contributed by atoms with Crippen LogP contribution in [-0.2, 0) is 11.3 Å². The number of amides is 3. The summed E-state index contributed by atoms with van der Waals surface area (Å²) in [7, 11) is 0. The molecule has 134 valence electrons. The number of hydrogen-bond acceptors (Lipinski definition) is 3. The highest BCUT2D eigenvalue weighted by Gasteiger charge is 2.33. The summed E-state index contributed by atoms with van der Waals surface area (Å²) in [6, 6.07) is 16.6. The highest BCUT2D eigenvalue weighted by molar-refractivity contribution is 6.31. The SMILES string of the molecule is Cc1ccc2nc(Cl)c(/C=C3\NC(=O)N(Cc4ccccc4)C3=O)cc2c1. The van der Waals surface area contributed by atoms with E-state index in [0.717, 1.165) is 22.0 Å². The summed E-state index contributed by atoms with van der Waals surface area (Å²) in [5.41, 5.74) is 3.53. The first-order chi connectivity index (χ1) is 13.0. The van der Waals surface area contributed by atoms with Gasteiger partial charge < -0.3 is 5.32 Å². The van der Waals surface area contributed by atoms with Crippen LogP contribution in [0.15, 0.2) is 60.3 Å². The third-order valence-electron chi connectivity index (χ3n) is 4.40. The molecule has 2 aromatic carbocycles. The number of urea groups is 1. The van der Waals surface area contributed by atoms with Crippen molar-refractivity contribution < 1.29 is 9.59 Å². The van der Waals surface area contributed by atoms with Crippen LogP contribution in [0.4, 0.5) is 4.79 Å². The zero-order chi connectivity index (χ0) is 19.0. The molecule has 0 bridgehead atoms. The van der Waals surface area contributed by atoms with Crippen LogP contribution in [0.1, 0.15) is 16.7 Å². The lowest BCUT2D eigenvalue weighted by atomic mass is 10.1. The average molecular weight is 378 g/mol. The van der Waals surface area contributed by atoms with Crippen molar-refractivity contribution in [2.75, 3.05) is 0 Å². The zero-order valence-electron chi connectivity index (χ0n) is 14.6. The van der Waals surface area contributed by atoms with Gasteiger partial charge in [0.15, 0.2) is 0 Å². The smallest absolute Gasteiger partial charge is 0.303 e. The number of nitrogens with one attached hydrogen (secondary N) is 1. The molecule has 1 N–H and O–H groups in total. The van der Waals surface area contributed by atoms with E-state index in [-0.39, 0.29) is 23.3 Å². The van der Waals surface area contributed by atoms with E-state index in [0.29, 0.717) is 5.56 Å². The molecule has 1 fully saturated rings. The number of aryl methyl sites for hydroxylation is 1. The van der Waals surface area contributed by atoms with Gasteiger partial charge in [-0.1, -0.05) is 53.6 Å². The Hall–Kier alpha value is -3.18. The van der Waals surface area contributed by atoms with Crippen molar-refractivity contribution in [2.45, 2.75) is 13.5 Å². The first-order valence-corrected chi connectivity index (χ1v) is 8.84. The number of halogens is 1. The quantitative estimate of drug-likeness (QED) is 0.420. The van der Waals surface area contributed by atoms with E-state index in [4.69, 9.17) is 11.6 Å². The van der Waals surface area contributed by atoms with Crippen molar-refractivity contribution in [3.8, 4) is 0 Å². The van der Waals surface area contributed by atoms with Gasteiger partial charge in [-0.25, -0.2) is 9.78 Å². The second-order valence-electron chi connectivity index (χ2n) is 6.43. The number of nitrogens with zero attached hydrogens (tertiary/aromatic N) is 2. The molecule has 0 unspecified atom stereocenters. The van der Waals surface area contributed by atoms with Crippen LogP contribution >= 0.6 is 11.6 Å². The summed E-state index contributed by atoms with van der Waals surface area (Å²) in [5.74, 6) is -0.385. The van der Waals surface area contributed by atoms with Gasteiger partial charge in [0.05, 0.1) is 12.1 Å². The van der Waals surface area contributed by atoms with E-state index in [2.05, 4.69) is 10.3 Å². The molecule has 1 aromatic heterocycles. The molecule has 6 heteroatoms. The van der Waals surface area contributed by atoms with E-state index in [1.807, 2.05) is 61.5 Å². The fourth-order valence-corrected chi connectivity index (χ4v) is 3.23. The van der Waals surface area contributed by atoms with Crippen LogP contribution in [0.25, 0.3) is 17.0 Å². The molecule has 3 aromatic rings. The van der Waals surface area contributed by atoms with Crippen molar-refractivity contribution in [1.82, 2.24) is 15.2 Å². The first-order valence-electron chi connectivity index (χ1n) is 8.46. The molecule has 0 spiro atoms. The third-order valence-corrected chi connectivity index (χ3v) is 4.70. The van der Waals surface area contributed by atoms with Crippen molar-refractivity contribution in [2.24, 2.45) is 0 Å². The van der Waals surface area contributed by atoms with Crippen LogP contribution in [0.2, 0.25) is 5.15 Å². The Morgan fingerprint density at radius 1 is 1.11 bits per heavy atom. The summed E-state index contributed by atoms with van der Waals surface area (Å²) in [4.78, 5) is 30.4. The topological polar surface area (TPSA) is 62.3 Å². The molecule has 1 aliphatic heterocycles. The van der Waals surface area contributed by atoms with E-state index in [1.165, 1.54) is 4.90 Å². The monoisotopic (exact) mass is 377 g/mol. The largest absolute Gasteiger partial charge is 0.329 e. The maximum absolute atomic E-state index is 12.7. The Balaban J connectivity index is 1.66. The minimum Gasteiger partial charge on any atom is -0.303 e. The summed E-state index contributed by atoms with van der Waals surface area (Å²) < 4.78 is 0. The minimum absolute atomic E-state index is 0.187. The zero-order valence-corrected chi connectivity index (χ0v) is 15.3. The van der Waals surface area contributed by atoms with Crippen LogP contribution in [-0.4, -0.2) is 21.8 Å². The molecular weight excluding hydrogens is 362 g/mol. The number of benzene rings is 2. The molecular formula is C21H16ClN3O2. The summed E-state index contributed by atoms with van der Waals surface area (Å²) in [5, 5.41) is 3.82. The molecule has 0 aliphatic carbocycles. The molecule has 4 rings (SSSR count). The lowest BCUT2D eigenvalue weighted by Crippen LogP contribution is -2.30. The number of hydrogen-bond donors (Lipinski definition) is 1. The number of carbonyl (C=O) groups excluding carboxylic acids is 2. The van der Waals surface area contributed by atoms with Crippen LogP contribution in [0, 0.1) is 6.92 Å². The highest BCUT2D eigenvalue weighted by Crippen LogP contribution is 2.25. The Labute approximate surface area is 161 Å². The predicted molar refractivity (Wildman–Crippen MR) is 105 cm³/mol. The number of imide groups is 1. The predicted octanol–water partition coefficient (Wildman–Crippen LogP) is 4.29. The minimum atomic E-state index is -0.448. The Morgan fingerprint density at radius 3 is 2.67 bits per heavy atom. The standard InChI is InChI=1S/C21H16ClN3O2/c1-13-7-8-17-15(9-13)10-16(19(22)23-17)11-18-20(26)25(21(27)24-18)12-14-5-3-2-4-6-14/h2-11H,12H2,1H3,(H,24,27)/b18-11-. The highest BCUT2D eigenvalue weighted by atomic mass is 35.5. The molecule has 5 nitrogen and oxygen atoms in total. The fourth-order valence-electron chi connectivity index (χ4n) is 3.03. The molecule has 3 amide bonds. The molecule has 0 radical (unpaired) electrons. The molecule has 27 heavy (non-hydrogen) atoms. The number of aromatic nitrogens is 1. The molecule has 1 saturated heterocycles. The van der Waals surface area contributed by atoms with Gasteiger partial charge >= 0.3 is 6.03 Å². The van der Waals surface area contributed by atoms with Crippen LogP contribution in [0.5, 0.6) is 0 Å². The van der Waals surface area contributed by atoms with Crippen molar-refractivity contribution >= 4 is 40.5 Å². The van der Waals surface area contributed by atoms with Gasteiger partial charge in [-0.15, -0.1) is 0 Å². The molecule has 0 saturated carbocycles. The summed E-state index contributed by atoms with van der Waals surface area (Å²) >= 11 is 6.28. The van der Waals surface area contributed by atoms with Gasteiger partial charge in [-0.05, 0) is 36.8 Å². The maximum Gasteiger partial charge on any atom is 0.329 e. The maximum atomic E-state index is 12.7. The van der Waals surface area contributed by atoms with Crippen LogP contribution in [0.3, 0.4) is 0 Å². The van der Waals surface area contributed by atoms with Crippen molar-refractivity contribution in [3.63, 3.8) is 0 Å². The lowest BCUT2D eigenvalue weighted by Gasteiger charge is -2.11. The molecule has 0 atom stereocenters. The Morgan fingerprint density at radius 2 is 1.89 bits per heavy atom. The number of rotatable bonds is 3. The van der Waals surface area contributed by atoms with Gasteiger partial charge in [0.2, 0.25) is 0 Å². The van der Waals surface area contributed by atoms with Crippen LogP contribution < -0.4 is 5.32 Å². The second-order valence-corrected chi connectivity index (χ2v) is 6.79. The second kappa shape index (κ2) is 6.85. The Bertz CT molecular complexity index is 1090. The van der Waals surface area contributed by atoms with Gasteiger partial charge in [0.1, 0.15) is 10.9 Å². The van der Waals surface area contributed by atoms with E-state index in [1.54, 1.807) is 6.08 Å². The number of fused-ring (bicyclic) bond motifs is 1. The van der Waals surface area contributed by atoms with Crippen molar-refractivity contribution in [3.05, 3.63) is 82.1 Å². The summed E-state index contributed by atoms with van der Waals surface area (Å²) in [6.07, 6.45) is 1.57. The van der Waals surface area contributed by atoms with Crippen molar-refractivity contribution in [1.29, 1.82) is 0 Å². The fraction of sp³-hybridized carbons (Fsp3) is 0.0952. The molecule has 1 aliphatic rings. The normalized spacial score (nSPS) is 15.6. The van der Waals surface area contributed by atoms with Gasteiger partial charge in [0.25, 0.3) is 5.91 Å². The van der Waals surface area contributed by atoms with E-state index >= 15 is 0 Å². The van der Waals surface area contributed by atoms with E-state index in [9.17, 15) is 9.59 Å². The third kappa shape index (κ3) is 3.41. The average Bonchev–Trinajstić information content (AvgIpc) is 2.91. The number of pyridine rings is 1.